The molecule has 20 heavy (non-hydrogen) atoms. The van der Waals surface area contributed by atoms with Crippen molar-refractivity contribution in [1.82, 2.24) is 10.2 Å². The van der Waals surface area contributed by atoms with Crippen LogP contribution in [0.1, 0.15) is 51.6 Å². The topological polar surface area (TPSA) is 28.4 Å². The minimum absolute atomic E-state index is 0.683. The molecule has 3 nitrogen and oxygen atoms in total. The Labute approximate surface area is 123 Å². The highest BCUT2D eigenvalue weighted by molar-refractivity contribution is 5.07. The Morgan fingerprint density at radius 2 is 2.05 bits per heavy atom. The van der Waals surface area contributed by atoms with E-state index in [1.165, 1.54) is 32.4 Å². The van der Waals surface area contributed by atoms with E-state index < -0.39 is 0 Å². The number of nitrogens with one attached hydrogen (secondary N) is 1. The molecule has 0 bridgehead atoms. The molecule has 1 fully saturated rings. The van der Waals surface area contributed by atoms with Gasteiger partial charge in [-0.2, -0.15) is 0 Å². The third-order valence-electron chi connectivity index (χ3n) is 3.70. The molecule has 0 atom stereocenters. The quantitative estimate of drug-likeness (QED) is 0.708. The second-order valence-electron chi connectivity index (χ2n) is 6.57. The fourth-order valence-electron chi connectivity index (χ4n) is 2.52. The first-order valence-electron chi connectivity index (χ1n) is 8.18. The molecule has 0 spiro atoms. The Bertz CT molecular complexity index is 382. The molecule has 1 aromatic heterocycles. The molecule has 0 radical (unpaired) electrons. The van der Waals surface area contributed by atoms with Gasteiger partial charge in [0.1, 0.15) is 11.5 Å². The van der Waals surface area contributed by atoms with Crippen LogP contribution in [0.2, 0.25) is 0 Å². The summed E-state index contributed by atoms with van der Waals surface area (Å²) in [4.78, 5) is 2.54. The minimum Gasteiger partial charge on any atom is -0.463 e. The van der Waals surface area contributed by atoms with Crippen molar-refractivity contribution in [2.75, 3.05) is 19.6 Å². The zero-order valence-corrected chi connectivity index (χ0v) is 13.3. The number of hydrogen-bond acceptors (Lipinski definition) is 3. The lowest BCUT2D eigenvalue weighted by molar-refractivity contribution is 0.232. The highest BCUT2D eigenvalue weighted by Gasteiger charge is 2.24. The van der Waals surface area contributed by atoms with Crippen LogP contribution in [-0.2, 0) is 13.1 Å². The van der Waals surface area contributed by atoms with Crippen LogP contribution in [0.5, 0.6) is 0 Å². The molecular weight excluding hydrogens is 248 g/mol. The van der Waals surface area contributed by atoms with Crippen molar-refractivity contribution in [1.29, 1.82) is 0 Å². The lowest BCUT2D eigenvalue weighted by Crippen LogP contribution is -2.26. The Morgan fingerprint density at radius 1 is 1.30 bits per heavy atom. The number of rotatable bonds is 10. The predicted molar refractivity (Wildman–Crippen MR) is 83.5 cm³/mol. The van der Waals surface area contributed by atoms with Crippen molar-refractivity contribution in [3.63, 3.8) is 0 Å². The molecule has 2 rings (SSSR count). The van der Waals surface area contributed by atoms with E-state index in [0.717, 1.165) is 37.1 Å². The maximum Gasteiger partial charge on any atom is 0.118 e. The first kappa shape index (κ1) is 15.6. The Hall–Kier alpha value is -0.800. The van der Waals surface area contributed by atoms with Crippen LogP contribution in [0.15, 0.2) is 16.5 Å². The zero-order chi connectivity index (χ0) is 14.4. The van der Waals surface area contributed by atoms with Crippen molar-refractivity contribution < 1.29 is 4.42 Å². The van der Waals surface area contributed by atoms with Gasteiger partial charge in [-0.3, -0.25) is 4.90 Å². The molecule has 3 heteroatoms. The molecule has 1 heterocycles. The van der Waals surface area contributed by atoms with Crippen LogP contribution in [-0.4, -0.2) is 24.5 Å². The molecule has 114 valence electrons. The summed E-state index contributed by atoms with van der Waals surface area (Å²) < 4.78 is 5.94. The van der Waals surface area contributed by atoms with Crippen LogP contribution >= 0.6 is 0 Å². The van der Waals surface area contributed by atoms with Crippen molar-refractivity contribution in [2.45, 2.75) is 53.1 Å². The third kappa shape index (κ3) is 5.68. The van der Waals surface area contributed by atoms with Gasteiger partial charge in [-0.15, -0.1) is 0 Å². The highest BCUT2D eigenvalue weighted by atomic mass is 16.3. The Balaban J connectivity index is 1.77. The summed E-state index contributed by atoms with van der Waals surface area (Å²) in [5.41, 5.74) is 0. The van der Waals surface area contributed by atoms with Crippen molar-refractivity contribution in [2.24, 2.45) is 11.8 Å². The molecule has 1 aliphatic carbocycles. The lowest BCUT2D eigenvalue weighted by atomic mass is 10.2. The molecule has 1 saturated carbocycles. The molecule has 0 amide bonds. The smallest absolute Gasteiger partial charge is 0.118 e. The van der Waals surface area contributed by atoms with E-state index in [0.29, 0.717) is 5.92 Å². The summed E-state index contributed by atoms with van der Waals surface area (Å²) in [6, 6.07) is 4.26. The third-order valence-corrected chi connectivity index (χ3v) is 3.70. The van der Waals surface area contributed by atoms with Crippen molar-refractivity contribution >= 4 is 0 Å². The maximum atomic E-state index is 5.94. The fraction of sp³-hybridized carbons (Fsp3) is 0.765. The highest BCUT2D eigenvalue weighted by Crippen LogP contribution is 2.30. The minimum atomic E-state index is 0.683. The summed E-state index contributed by atoms with van der Waals surface area (Å²) in [6.45, 7) is 12.0. The van der Waals surface area contributed by atoms with E-state index in [-0.39, 0.29) is 0 Å². The van der Waals surface area contributed by atoms with E-state index >= 15 is 0 Å². The van der Waals surface area contributed by atoms with E-state index in [4.69, 9.17) is 4.42 Å². The van der Waals surface area contributed by atoms with Crippen molar-refractivity contribution in [3.05, 3.63) is 23.7 Å². The first-order chi connectivity index (χ1) is 9.67. The van der Waals surface area contributed by atoms with Gasteiger partial charge in [-0.25, -0.2) is 0 Å². The second-order valence-corrected chi connectivity index (χ2v) is 6.57. The van der Waals surface area contributed by atoms with E-state index in [1.807, 2.05) is 0 Å². The molecule has 0 unspecified atom stereocenters. The monoisotopic (exact) mass is 278 g/mol. The molecule has 0 saturated heterocycles. The SMILES string of the molecule is CCCN(Cc1ccc(CNCC(C)C)o1)CC1CC1. The van der Waals surface area contributed by atoms with Gasteiger partial charge < -0.3 is 9.73 Å². The summed E-state index contributed by atoms with van der Waals surface area (Å²) in [7, 11) is 0. The summed E-state index contributed by atoms with van der Waals surface area (Å²) >= 11 is 0. The molecule has 1 aliphatic rings. The fourth-order valence-corrected chi connectivity index (χ4v) is 2.52. The summed E-state index contributed by atoms with van der Waals surface area (Å²) in [6.07, 6.45) is 4.06. The lowest BCUT2D eigenvalue weighted by Gasteiger charge is -2.20. The molecule has 0 aliphatic heterocycles. The van der Waals surface area contributed by atoms with Crippen LogP contribution in [0, 0.1) is 11.8 Å². The van der Waals surface area contributed by atoms with Gasteiger partial charge in [-0.05, 0) is 56.3 Å². The molecular formula is C17H30N2O. The summed E-state index contributed by atoms with van der Waals surface area (Å²) in [5.74, 6) is 3.80. The zero-order valence-electron chi connectivity index (χ0n) is 13.3. The van der Waals surface area contributed by atoms with Gasteiger partial charge in [0, 0.05) is 6.54 Å². The maximum absolute atomic E-state index is 5.94. The molecule has 1 aromatic rings. The Morgan fingerprint density at radius 3 is 2.70 bits per heavy atom. The van der Waals surface area contributed by atoms with Crippen LogP contribution in [0.3, 0.4) is 0 Å². The molecule has 1 N–H and O–H groups in total. The average molecular weight is 278 g/mol. The first-order valence-corrected chi connectivity index (χ1v) is 8.18. The van der Waals surface area contributed by atoms with Gasteiger partial charge in [0.25, 0.3) is 0 Å². The van der Waals surface area contributed by atoms with Crippen LogP contribution in [0.25, 0.3) is 0 Å². The van der Waals surface area contributed by atoms with Crippen LogP contribution in [0.4, 0.5) is 0 Å². The van der Waals surface area contributed by atoms with E-state index in [9.17, 15) is 0 Å². The van der Waals surface area contributed by atoms with Gasteiger partial charge in [0.05, 0.1) is 13.1 Å². The largest absolute Gasteiger partial charge is 0.463 e. The van der Waals surface area contributed by atoms with Crippen molar-refractivity contribution in [3.8, 4) is 0 Å². The van der Waals surface area contributed by atoms with Gasteiger partial charge in [0.2, 0.25) is 0 Å². The van der Waals surface area contributed by atoms with Gasteiger partial charge in [-0.1, -0.05) is 20.8 Å². The van der Waals surface area contributed by atoms with E-state index in [2.05, 4.69) is 43.1 Å². The standard InChI is InChI=1S/C17H30N2O/c1-4-9-19(12-15-5-6-15)13-17-8-7-16(20-17)11-18-10-14(2)3/h7-8,14-15,18H,4-6,9-13H2,1-3H3. The van der Waals surface area contributed by atoms with E-state index in [1.54, 1.807) is 0 Å². The predicted octanol–water partition coefficient (Wildman–Crippen LogP) is 3.65. The molecule has 0 aromatic carbocycles. The van der Waals surface area contributed by atoms with Crippen LogP contribution < -0.4 is 5.32 Å². The second kappa shape index (κ2) is 7.84. The van der Waals surface area contributed by atoms with Gasteiger partial charge >= 0.3 is 0 Å². The average Bonchev–Trinajstić information content (AvgIpc) is 3.09. The number of furan rings is 1. The normalized spacial score (nSPS) is 15.4. The summed E-state index contributed by atoms with van der Waals surface area (Å²) in [5, 5.41) is 3.43. The Kier molecular flexibility index (Phi) is 6.11. The number of nitrogens with zero attached hydrogens (tertiary/aromatic N) is 1. The van der Waals surface area contributed by atoms with Gasteiger partial charge in [0.15, 0.2) is 0 Å². The number of hydrogen-bond donors (Lipinski definition) is 1.